The predicted octanol–water partition coefficient (Wildman–Crippen LogP) is 1.89. The van der Waals surface area contributed by atoms with E-state index in [2.05, 4.69) is 9.97 Å². The van der Waals surface area contributed by atoms with E-state index in [1.54, 1.807) is 30.5 Å². The summed E-state index contributed by atoms with van der Waals surface area (Å²) < 4.78 is 0. The van der Waals surface area contributed by atoms with Gasteiger partial charge in [0.2, 0.25) is 0 Å². The minimum absolute atomic E-state index is 0.373. The Morgan fingerprint density at radius 1 is 0.875 bits per heavy atom. The van der Waals surface area contributed by atoms with Crippen LogP contribution >= 0.6 is 0 Å². The molecule has 0 aliphatic heterocycles. The second kappa shape index (κ2) is 4.20. The Labute approximate surface area is 92.4 Å². The number of pyridine rings is 2. The molecule has 0 bridgehead atoms. The van der Waals surface area contributed by atoms with Crippen LogP contribution in [0.15, 0.2) is 36.7 Å². The number of hydrogen-bond acceptors (Lipinski definition) is 4. The standard InChI is InChI=1S/C12H6N4/c13-5-9-1-4-12(16-7-9)10-2-3-11(6-14)15-8-10/h1-4,7-8H. The van der Waals surface area contributed by atoms with Crippen LogP contribution in [0.5, 0.6) is 0 Å². The van der Waals surface area contributed by atoms with Crippen LogP contribution in [0, 0.1) is 22.7 Å². The van der Waals surface area contributed by atoms with Crippen molar-refractivity contribution in [2.45, 2.75) is 0 Å². The zero-order valence-corrected chi connectivity index (χ0v) is 8.25. The molecule has 0 saturated carbocycles. The number of rotatable bonds is 1. The average molecular weight is 206 g/mol. The van der Waals surface area contributed by atoms with Gasteiger partial charge in [-0.25, -0.2) is 4.98 Å². The van der Waals surface area contributed by atoms with Gasteiger partial charge in [0, 0.05) is 18.0 Å². The first kappa shape index (κ1) is 9.82. The second-order valence-corrected chi connectivity index (χ2v) is 3.09. The van der Waals surface area contributed by atoms with Crippen molar-refractivity contribution in [3.8, 4) is 23.4 Å². The zero-order valence-electron chi connectivity index (χ0n) is 8.25. The third-order valence-electron chi connectivity index (χ3n) is 2.07. The van der Waals surface area contributed by atoms with Crippen LogP contribution in [0.3, 0.4) is 0 Å². The lowest BCUT2D eigenvalue weighted by Crippen LogP contribution is -1.87. The van der Waals surface area contributed by atoms with Crippen LogP contribution in [0.2, 0.25) is 0 Å². The molecule has 16 heavy (non-hydrogen) atoms. The van der Waals surface area contributed by atoms with E-state index in [9.17, 15) is 0 Å². The van der Waals surface area contributed by atoms with Crippen LogP contribution in [0.25, 0.3) is 11.3 Å². The fraction of sp³-hybridized carbons (Fsp3) is 0. The molecule has 0 aliphatic rings. The van der Waals surface area contributed by atoms with Crippen molar-refractivity contribution in [3.05, 3.63) is 47.9 Å². The van der Waals surface area contributed by atoms with Crippen LogP contribution in [-0.2, 0) is 0 Å². The summed E-state index contributed by atoms with van der Waals surface area (Å²) in [6, 6.07) is 10.8. The molecule has 0 aliphatic carbocycles. The molecule has 0 spiro atoms. The fourth-order valence-corrected chi connectivity index (χ4v) is 1.24. The third-order valence-corrected chi connectivity index (χ3v) is 2.07. The van der Waals surface area contributed by atoms with Crippen molar-refractivity contribution in [1.29, 1.82) is 10.5 Å². The quantitative estimate of drug-likeness (QED) is 0.714. The highest BCUT2D eigenvalue weighted by Crippen LogP contribution is 2.15. The zero-order chi connectivity index (χ0) is 11.4. The van der Waals surface area contributed by atoms with Gasteiger partial charge in [0.05, 0.1) is 11.3 Å². The number of aromatic nitrogens is 2. The van der Waals surface area contributed by atoms with Crippen molar-refractivity contribution < 1.29 is 0 Å². The van der Waals surface area contributed by atoms with Crippen LogP contribution < -0.4 is 0 Å². The molecule has 2 aromatic rings. The van der Waals surface area contributed by atoms with E-state index >= 15 is 0 Å². The molecule has 0 fully saturated rings. The molecular formula is C12H6N4. The molecule has 0 saturated heterocycles. The van der Waals surface area contributed by atoms with Crippen molar-refractivity contribution >= 4 is 0 Å². The third kappa shape index (κ3) is 1.87. The Morgan fingerprint density at radius 2 is 1.75 bits per heavy atom. The van der Waals surface area contributed by atoms with Crippen molar-refractivity contribution in [2.24, 2.45) is 0 Å². The Hall–Kier alpha value is -2.72. The van der Waals surface area contributed by atoms with E-state index in [1.807, 2.05) is 12.1 Å². The summed E-state index contributed by atoms with van der Waals surface area (Å²) in [5, 5.41) is 17.2. The summed E-state index contributed by atoms with van der Waals surface area (Å²) in [5.41, 5.74) is 2.45. The van der Waals surface area contributed by atoms with Gasteiger partial charge in [0.25, 0.3) is 0 Å². The van der Waals surface area contributed by atoms with Gasteiger partial charge in [-0.15, -0.1) is 0 Å². The number of hydrogen-bond donors (Lipinski definition) is 0. The van der Waals surface area contributed by atoms with Gasteiger partial charge in [-0.1, -0.05) is 0 Å². The van der Waals surface area contributed by atoms with E-state index in [-0.39, 0.29) is 0 Å². The molecule has 0 unspecified atom stereocenters. The largest absolute Gasteiger partial charge is 0.255 e. The second-order valence-electron chi connectivity index (χ2n) is 3.09. The van der Waals surface area contributed by atoms with Gasteiger partial charge in [0.1, 0.15) is 17.8 Å². The summed E-state index contributed by atoms with van der Waals surface area (Å²) in [6.45, 7) is 0. The molecule has 0 radical (unpaired) electrons. The first-order chi connectivity index (χ1) is 7.83. The smallest absolute Gasteiger partial charge is 0.140 e. The SMILES string of the molecule is N#Cc1ccc(-c2ccc(C#N)nc2)nc1. The molecule has 0 atom stereocenters. The van der Waals surface area contributed by atoms with Crippen LogP contribution in [0.4, 0.5) is 0 Å². The normalized spacial score (nSPS) is 9.12. The highest BCUT2D eigenvalue weighted by molar-refractivity contribution is 5.58. The average Bonchev–Trinajstić information content (AvgIpc) is 2.39. The van der Waals surface area contributed by atoms with Gasteiger partial charge >= 0.3 is 0 Å². The van der Waals surface area contributed by atoms with E-state index in [0.717, 1.165) is 11.3 Å². The Kier molecular flexibility index (Phi) is 2.58. The lowest BCUT2D eigenvalue weighted by atomic mass is 10.1. The van der Waals surface area contributed by atoms with E-state index in [0.29, 0.717) is 11.3 Å². The fourth-order valence-electron chi connectivity index (χ4n) is 1.24. The van der Waals surface area contributed by atoms with Gasteiger partial charge in [-0.05, 0) is 24.3 Å². The van der Waals surface area contributed by atoms with E-state index in [4.69, 9.17) is 10.5 Å². The lowest BCUT2D eigenvalue weighted by molar-refractivity contribution is 1.24. The number of nitrogens with zero attached hydrogens (tertiary/aromatic N) is 4. The Bertz CT molecular complexity index is 515. The molecule has 74 valence electrons. The van der Waals surface area contributed by atoms with E-state index < -0.39 is 0 Å². The predicted molar refractivity (Wildman–Crippen MR) is 56.9 cm³/mol. The minimum Gasteiger partial charge on any atom is -0.255 e. The lowest BCUT2D eigenvalue weighted by Gasteiger charge is -1.99. The molecule has 0 aromatic carbocycles. The first-order valence-electron chi connectivity index (χ1n) is 4.56. The maximum Gasteiger partial charge on any atom is 0.140 e. The summed E-state index contributed by atoms with van der Waals surface area (Å²) in [7, 11) is 0. The highest BCUT2D eigenvalue weighted by Gasteiger charge is 2.00. The molecule has 2 aromatic heterocycles. The van der Waals surface area contributed by atoms with Gasteiger partial charge < -0.3 is 0 Å². The summed E-state index contributed by atoms with van der Waals surface area (Å²) in [5.74, 6) is 0. The van der Waals surface area contributed by atoms with Crippen molar-refractivity contribution in [2.75, 3.05) is 0 Å². The monoisotopic (exact) mass is 206 g/mol. The maximum atomic E-state index is 8.63. The van der Waals surface area contributed by atoms with Gasteiger partial charge in [0.15, 0.2) is 0 Å². The van der Waals surface area contributed by atoms with E-state index in [1.165, 1.54) is 6.20 Å². The molecule has 0 amide bonds. The molecule has 2 rings (SSSR count). The van der Waals surface area contributed by atoms with Crippen LogP contribution in [0.1, 0.15) is 11.3 Å². The van der Waals surface area contributed by atoms with Gasteiger partial charge in [-0.3, -0.25) is 4.98 Å². The number of nitriles is 2. The molecular weight excluding hydrogens is 200 g/mol. The Morgan fingerprint density at radius 3 is 2.25 bits per heavy atom. The molecule has 2 heterocycles. The first-order valence-corrected chi connectivity index (χ1v) is 4.56. The maximum absolute atomic E-state index is 8.63. The summed E-state index contributed by atoms with van der Waals surface area (Å²) in [6.07, 6.45) is 3.10. The molecule has 4 nitrogen and oxygen atoms in total. The topological polar surface area (TPSA) is 73.4 Å². The van der Waals surface area contributed by atoms with Crippen molar-refractivity contribution in [1.82, 2.24) is 9.97 Å². The molecule has 4 heteroatoms. The highest BCUT2D eigenvalue weighted by atomic mass is 14.7. The summed E-state index contributed by atoms with van der Waals surface area (Å²) >= 11 is 0. The molecule has 0 N–H and O–H groups in total. The van der Waals surface area contributed by atoms with Gasteiger partial charge in [-0.2, -0.15) is 10.5 Å². The van der Waals surface area contributed by atoms with Crippen molar-refractivity contribution in [3.63, 3.8) is 0 Å². The Balaban J connectivity index is 2.36. The minimum atomic E-state index is 0.373. The van der Waals surface area contributed by atoms with Crippen LogP contribution in [-0.4, -0.2) is 9.97 Å². The summed E-state index contributed by atoms with van der Waals surface area (Å²) in [4.78, 5) is 8.08.